The highest BCUT2D eigenvalue weighted by Gasteiger charge is 2.41. The van der Waals surface area contributed by atoms with Gasteiger partial charge in [0.05, 0.1) is 0 Å². The maximum atomic E-state index is 12.2. The number of hydrogen-bond acceptors (Lipinski definition) is 4. The second-order valence-electron chi connectivity index (χ2n) is 8.75. The van der Waals surface area contributed by atoms with E-state index in [4.69, 9.17) is 16.2 Å². The van der Waals surface area contributed by atoms with Gasteiger partial charge in [-0.1, -0.05) is 33.8 Å². The molecule has 1 unspecified atom stereocenters. The molecule has 0 heterocycles. The van der Waals surface area contributed by atoms with Gasteiger partial charge in [-0.15, -0.1) is 0 Å². The Morgan fingerprint density at radius 1 is 1.15 bits per heavy atom. The Hall–Kier alpha value is -2.08. The quantitative estimate of drug-likeness (QED) is 0.575. The number of hydrogen-bond donors (Lipinski definition) is 3. The molecule has 1 aliphatic carbocycles. The Kier molecular flexibility index (Phi) is 6.52. The van der Waals surface area contributed by atoms with E-state index in [1.54, 1.807) is 0 Å². The van der Waals surface area contributed by atoms with Crippen LogP contribution in [0.1, 0.15) is 64.5 Å². The zero-order valence-corrected chi connectivity index (χ0v) is 16.9. The van der Waals surface area contributed by atoms with E-state index in [1.165, 1.54) is 11.1 Å². The van der Waals surface area contributed by atoms with E-state index >= 15 is 0 Å². The lowest BCUT2D eigenvalue weighted by atomic mass is 9.82. The summed E-state index contributed by atoms with van der Waals surface area (Å²) in [6.07, 6.45) is 3.08. The topological polar surface area (TPSA) is 107 Å². The van der Waals surface area contributed by atoms with E-state index in [1.807, 2.05) is 12.1 Å². The summed E-state index contributed by atoms with van der Waals surface area (Å²) < 4.78 is 5.68. The maximum absolute atomic E-state index is 12.2. The van der Waals surface area contributed by atoms with E-state index in [9.17, 15) is 9.59 Å². The minimum atomic E-state index is -0.688. The minimum Gasteiger partial charge on any atom is -0.484 e. The number of nitrogens with one attached hydrogen (secondary N) is 1. The first-order valence-corrected chi connectivity index (χ1v) is 9.63. The largest absolute Gasteiger partial charge is 0.484 e. The van der Waals surface area contributed by atoms with Gasteiger partial charge in [-0.2, -0.15) is 0 Å². The number of primary amides is 1. The van der Waals surface area contributed by atoms with Gasteiger partial charge in [-0.3, -0.25) is 9.59 Å². The van der Waals surface area contributed by atoms with Crippen LogP contribution in [0.25, 0.3) is 0 Å². The lowest BCUT2D eigenvalue weighted by molar-refractivity contribution is -0.128. The molecular weight excluding hydrogens is 342 g/mol. The highest BCUT2D eigenvalue weighted by Crippen LogP contribution is 2.50. The number of rotatable bonds is 9. The van der Waals surface area contributed by atoms with E-state index < -0.39 is 11.9 Å². The van der Waals surface area contributed by atoms with Crippen molar-refractivity contribution in [3.05, 3.63) is 29.3 Å². The molecule has 0 aromatic heterocycles. The SMILES string of the molecule is CC1(C)CC(C)(C)c2cc(OCC(=O)NC(CCCCN)C(N)=O)ccc21. The lowest BCUT2D eigenvalue weighted by Gasteiger charge is -2.22. The predicted octanol–water partition coefficient (Wildman–Crippen LogP) is 2.12. The molecule has 0 radical (unpaired) electrons. The Balaban J connectivity index is 1.97. The molecular formula is C21H33N3O3. The molecule has 1 atom stereocenters. The number of carbonyl (C=O) groups is 2. The third kappa shape index (κ3) is 5.22. The fourth-order valence-electron chi connectivity index (χ4n) is 4.22. The molecule has 5 N–H and O–H groups in total. The molecule has 0 bridgehead atoms. The highest BCUT2D eigenvalue weighted by molar-refractivity contribution is 5.87. The molecule has 1 aromatic carbocycles. The summed E-state index contributed by atoms with van der Waals surface area (Å²) in [7, 11) is 0. The molecule has 0 fully saturated rings. The van der Waals surface area contributed by atoms with E-state index in [0.29, 0.717) is 18.7 Å². The number of amides is 2. The van der Waals surface area contributed by atoms with Crippen LogP contribution in [-0.4, -0.2) is 31.0 Å². The van der Waals surface area contributed by atoms with Gasteiger partial charge in [0.1, 0.15) is 11.8 Å². The molecule has 2 rings (SSSR count). The molecule has 0 spiro atoms. The van der Waals surface area contributed by atoms with Crippen LogP contribution in [0.3, 0.4) is 0 Å². The van der Waals surface area contributed by atoms with Crippen LogP contribution in [0.2, 0.25) is 0 Å². The summed E-state index contributed by atoms with van der Waals surface area (Å²) >= 11 is 0. The zero-order valence-electron chi connectivity index (χ0n) is 16.9. The fourth-order valence-corrected chi connectivity index (χ4v) is 4.22. The summed E-state index contributed by atoms with van der Waals surface area (Å²) in [5.41, 5.74) is 13.6. The van der Waals surface area contributed by atoms with Crippen LogP contribution >= 0.6 is 0 Å². The maximum Gasteiger partial charge on any atom is 0.258 e. The third-order valence-electron chi connectivity index (χ3n) is 5.33. The first-order valence-electron chi connectivity index (χ1n) is 9.63. The first kappa shape index (κ1) is 21.2. The average molecular weight is 376 g/mol. The molecule has 27 heavy (non-hydrogen) atoms. The molecule has 0 saturated heterocycles. The van der Waals surface area contributed by atoms with Gasteiger partial charge in [0.2, 0.25) is 5.91 Å². The molecule has 2 amide bonds. The number of unbranched alkanes of at least 4 members (excludes halogenated alkanes) is 1. The minimum absolute atomic E-state index is 0.0700. The Bertz CT molecular complexity index is 698. The van der Waals surface area contributed by atoms with Crippen LogP contribution < -0.4 is 21.5 Å². The van der Waals surface area contributed by atoms with Gasteiger partial charge >= 0.3 is 0 Å². The fraction of sp³-hybridized carbons (Fsp3) is 0.619. The summed E-state index contributed by atoms with van der Waals surface area (Å²) in [5, 5.41) is 2.65. The number of ether oxygens (including phenoxy) is 1. The lowest BCUT2D eigenvalue weighted by Crippen LogP contribution is -2.46. The van der Waals surface area contributed by atoms with Crippen molar-refractivity contribution < 1.29 is 14.3 Å². The third-order valence-corrected chi connectivity index (χ3v) is 5.33. The second-order valence-corrected chi connectivity index (χ2v) is 8.75. The van der Waals surface area contributed by atoms with Crippen LogP contribution in [0.4, 0.5) is 0 Å². The number of benzene rings is 1. The molecule has 0 aliphatic heterocycles. The van der Waals surface area contributed by atoms with Crippen molar-refractivity contribution >= 4 is 11.8 Å². The van der Waals surface area contributed by atoms with Gasteiger partial charge < -0.3 is 21.5 Å². The molecule has 150 valence electrons. The van der Waals surface area contributed by atoms with E-state index in [0.717, 1.165) is 19.3 Å². The number of fused-ring (bicyclic) bond motifs is 1. The second kappa shape index (κ2) is 8.30. The van der Waals surface area contributed by atoms with Crippen LogP contribution in [-0.2, 0) is 20.4 Å². The van der Waals surface area contributed by atoms with E-state index in [2.05, 4.69) is 39.1 Å². The smallest absolute Gasteiger partial charge is 0.258 e. The summed E-state index contributed by atoms with van der Waals surface area (Å²) in [6.45, 7) is 9.37. The zero-order chi connectivity index (χ0) is 20.2. The Labute approximate surface area is 162 Å². The molecule has 1 aliphatic rings. The van der Waals surface area contributed by atoms with Crippen LogP contribution in [0, 0.1) is 0 Å². The molecule has 1 aromatic rings. The van der Waals surface area contributed by atoms with E-state index in [-0.39, 0.29) is 23.3 Å². The van der Waals surface area contributed by atoms with Crippen molar-refractivity contribution in [3.8, 4) is 5.75 Å². The van der Waals surface area contributed by atoms with Crippen molar-refractivity contribution in [3.63, 3.8) is 0 Å². The Morgan fingerprint density at radius 2 is 1.81 bits per heavy atom. The van der Waals surface area contributed by atoms with Crippen molar-refractivity contribution in [2.75, 3.05) is 13.2 Å². The van der Waals surface area contributed by atoms with Crippen LogP contribution in [0.5, 0.6) is 5.75 Å². The van der Waals surface area contributed by atoms with Crippen molar-refractivity contribution in [1.82, 2.24) is 5.32 Å². The van der Waals surface area contributed by atoms with Gasteiger partial charge in [0, 0.05) is 0 Å². The van der Waals surface area contributed by atoms with Crippen molar-refractivity contribution in [2.45, 2.75) is 70.3 Å². The normalized spacial score (nSPS) is 17.8. The van der Waals surface area contributed by atoms with Gasteiger partial charge in [0.25, 0.3) is 5.91 Å². The first-order chi connectivity index (χ1) is 12.6. The summed E-state index contributed by atoms with van der Waals surface area (Å²) in [5.74, 6) is -0.234. The summed E-state index contributed by atoms with van der Waals surface area (Å²) in [6, 6.07) is 5.34. The van der Waals surface area contributed by atoms with Gasteiger partial charge in [-0.05, 0) is 66.3 Å². The highest BCUT2D eigenvalue weighted by atomic mass is 16.5. The molecule has 6 nitrogen and oxygen atoms in total. The predicted molar refractivity (Wildman–Crippen MR) is 107 cm³/mol. The van der Waals surface area contributed by atoms with Crippen molar-refractivity contribution in [1.29, 1.82) is 0 Å². The molecule has 6 heteroatoms. The van der Waals surface area contributed by atoms with Gasteiger partial charge in [-0.25, -0.2) is 0 Å². The average Bonchev–Trinajstić information content (AvgIpc) is 2.76. The van der Waals surface area contributed by atoms with Gasteiger partial charge in [0.15, 0.2) is 6.61 Å². The molecule has 0 saturated carbocycles. The standard InChI is InChI=1S/C21H33N3O3/c1-20(2)13-21(3,4)16-11-14(8-9-15(16)20)27-12-18(25)24-17(19(23)26)7-5-6-10-22/h8-9,11,17H,5-7,10,12-13,22H2,1-4H3,(H2,23,26)(H,24,25). The van der Waals surface area contributed by atoms with Crippen molar-refractivity contribution in [2.24, 2.45) is 11.5 Å². The van der Waals surface area contributed by atoms with Crippen LogP contribution in [0.15, 0.2) is 18.2 Å². The monoisotopic (exact) mass is 375 g/mol. The summed E-state index contributed by atoms with van der Waals surface area (Å²) in [4.78, 5) is 23.7. The number of nitrogens with two attached hydrogens (primary N) is 2. The number of carbonyl (C=O) groups excluding carboxylic acids is 2. The Morgan fingerprint density at radius 3 is 2.44 bits per heavy atom.